The van der Waals surface area contributed by atoms with Crippen LogP contribution in [-0.2, 0) is 38.5 Å². The summed E-state index contributed by atoms with van der Waals surface area (Å²) in [6, 6.07) is 31.3. The Morgan fingerprint density at radius 3 is 1.65 bits per heavy atom. The number of benzene rings is 4. The van der Waals surface area contributed by atoms with E-state index in [2.05, 4.69) is 162 Å². The van der Waals surface area contributed by atoms with Crippen molar-refractivity contribution in [1.29, 1.82) is 0 Å². The van der Waals surface area contributed by atoms with Crippen LogP contribution in [0.3, 0.4) is 0 Å². The summed E-state index contributed by atoms with van der Waals surface area (Å²) in [5.41, 5.74) is 19.2. The topological polar surface area (TPSA) is 0 Å². The number of aryl methyl sites for hydroxylation is 2. The molecule has 46 heavy (non-hydrogen) atoms. The van der Waals surface area contributed by atoms with Gasteiger partial charge >= 0.3 is 288 Å². The third-order valence-electron chi connectivity index (χ3n) is 10.8. The molecule has 2 aliphatic rings. The maximum absolute atomic E-state index is 2.94. The summed E-state index contributed by atoms with van der Waals surface area (Å²) in [4.78, 5) is 0. The fourth-order valence-corrected chi connectivity index (χ4v) is 17.9. The fraction of sp³-hybridized carbons (Fsp3) is 0.356. The van der Waals surface area contributed by atoms with Crippen molar-refractivity contribution in [2.75, 3.05) is 0 Å². The fourth-order valence-electron chi connectivity index (χ4n) is 7.71. The van der Waals surface area contributed by atoms with E-state index in [1.807, 2.05) is 0 Å². The van der Waals surface area contributed by atoms with Gasteiger partial charge in [-0.05, 0) is 0 Å². The van der Waals surface area contributed by atoms with Crippen molar-refractivity contribution in [2.24, 2.45) is 5.92 Å². The van der Waals surface area contributed by atoms with Gasteiger partial charge in [-0.3, -0.25) is 0 Å². The van der Waals surface area contributed by atoms with E-state index >= 15 is 0 Å². The monoisotopic (exact) mass is 682 g/mol. The van der Waals surface area contributed by atoms with Crippen LogP contribution >= 0.6 is 0 Å². The zero-order chi connectivity index (χ0) is 33.3. The maximum atomic E-state index is 2.52. The summed E-state index contributed by atoms with van der Waals surface area (Å²) in [5.74, 6) is 0.459. The van der Waals surface area contributed by atoms with Crippen LogP contribution < -0.4 is 3.27 Å². The van der Waals surface area contributed by atoms with Gasteiger partial charge in [-0.2, -0.15) is 0 Å². The number of allylic oxidation sites excluding steroid dienone is 4. The zero-order valence-corrected chi connectivity index (χ0v) is 32.7. The summed E-state index contributed by atoms with van der Waals surface area (Å²) in [7, 11) is 0. The van der Waals surface area contributed by atoms with Crippen LogP contribution in [0, 0.1) is 19.8 Å². The Morgan fingerprint density at radius 1 is 0.630 bits per heavy atom. The molecule has 0 aliphatic heterocycles. The van der Waals surface area contributed by atoms with Crippen LogP contribution in [0.5, 0.6) is 0 Å². The molecule has 1 atom stereocenters. The van der Waals surface area contributed by atoms with Crippen molar-refractivity contribution >= 4 is 6.48 Å². The Bertz CT molecular complexity index is 1890. The molecular formula is C45H52Zr. The Balaban J connectivity index is 1.79. The van der Waals surface area contributed by atoms with E-state index in [1.54, 1.807) is 32.0 Å². The van der Waals surface area contributed by atoms with Gasteiger partial charge in [-0.1, -0.05) is 0 Å². The summed E-state index contributed by atoms with van der Waals surface area (Å²) in [6.45, 7) is 28.4. The molecule has 0 radical (unpaired) electrons. The van der Waals surface area contributed by atoms with Gasteiger partial charge in [-0.15, -0.1) is 0 Å². The van der Waals surface area contributed by atoms with Crippen molar-refractivity contribution in [3.8, 4) is 11.1 Å². The molecule has 0 bridgehead atoms. The van der Waals surface area contributed by atoms with Gasteiger partial charge in [0.2, 0.25) is 0 Å². The normalized spacial score (nSPS) is 16.2. The van der Waals surface area contributed by atoms with E-state index in [0.717, 1.165) is 6.42 Å². The first kappa shape index (κ1) is 33.0. The molecule has 0 spiro atoms. The molecule has 236 valence electrons. The Kier molecular flexibility index (Phi) is 8.60. The molecule has 1 unspecified atom stereocenters. The van der Waals surface area contributed by atoms with Crippen LogP contribution in [0.15, 0.2) is 98.9 Å². The van der Waals surface area contributed by atoms with Crippen molar-refractivity contribution in [3.63, 3.8) is 0 Å². The predicted molar refractivity (Wildman–Crippen MR) is 198 cm³/mol. The third-order valence-corrected chi connectivity index (χ3v) is 19.4. The van der Waals surface area contributed by atoms with Crippen LogP contribution in [-0.4, -0.2) is 3.21 Å². The second-order valence-corrected chi connectivity index (χ2v) is 21.7. The molecule has 0 N–H and O–H groups in total. The molecule has 6 rings (SSSR count). The van der Waals surface area contributed by atoms with E-state index in [-0.39, 0.29) is 10.8 Å². The summed E-state index contributed by atoms with van der Waals surface area (Å²) in [6.07, 6.45) is 1.03. The number of rotatable bonds is 4. The Labute approximate surface area is 286 Å². The molecule has 4 aromatic rings. The first-order valence-electron chi connectivity index (χ1n) is 17.2. The van der Waals surface area contributed by atoms with Crippen LogP contribution in [0.2, 0.25) is 0 Å². The predicted octanol–water partition coefficient (Wildman–Crippen LogP) is 11.2. The second kappa shape index (κ2) is 12.0. The van der Waals surface area contributed by atoms with E-state index < -0.39 is 21.3 Å². The third kappa shape index (κ3) is 5.77. The molecule has 0 saturated heterocycles. The van der Waals surface area contributed by atoms with Crippen molar-refractivity contribution in [3.05, 3.63) is 143 Å². The van der Waals surface area contributed by atoms with Crippen molar-refractivity contribution in [2.45, 2.75) is 100 Å². The van der Waals surface area contributed by atoms with Crippen LogP contribution in [0.1, 0.15) is 114 Å². The van der Waals surface area contributed by atoms with E-state index in [9.17, 15) is 0 Å². The van der Waals surface area contributed by atoms with Gasteiger partial charge in [0.1, 0.15) is 0 Å². The summed E-state index contributed by atoms with van der Waals surface area (Å²) < 4.78 is 5.11. The number of hydrogen-bond donors (Lipinski definition) is 0. The van der Waals surface area contributed by atoms with E-state index in [0.29, 0.717) is 5.92 Å². The SMILES string of the molecule is CC1=C(C)C(C)[C]([Zr](=[C](c2ccc(C)cc2)c2ccc(C)cc2)[c]2c(C(C)(C)C)ccc3c2Cc2cc(C(C)(C)C)ccc2-3)=C1C. The molecule has 1 heteroatoms. The van der Waals surface area contributed by atoms with Gasteiger partial charge in [0.05, 0.1) is 0 Å². The van der Waals surface area contributed by atoms with Crippen LogP contribution in [0.25, 0.3) is 11.1 Å². The molecule has 0 saturated carbocycles. The van der Waals surface area contributed by atoms with Crippen LogP contribution in [0.4, 0.5) is 0 Å². The molecule has 4 aromatic carbocycles. The second-order valence-electron chi connectivity index (χ2n) is 16.1. The van der Waals surface area contributed by atoms with E-state index in [1.165, 1.54) is 50.1 Å². The quantitative estimate of drug-likeness (QED) is 0.177. The van der Waals surface area contributed by atoms with Gasteiger partial charge in [-0.25, -0.2) is 0 Å². The van der Waals surface area contributed by atoms with Gasteiger partial charge in [0, 0.05) is 0 Å². The zero-order valence-electron chi connectivity index (χ0n) is 30.3. The van der Waals surface area contributed by atoms with E-state index in [4.69, 9.17) is 0 Å². The molecule has 0 heterocycles. The molecule has 0 amide bonds. The van der Waals surface area contributed by atoms with Crippen molar-refractivity contribution < 1.29 is 21.3 Å². The summed E-state index contributed by atoms with van der Waals surface area (Å²) in [5, 5.41) is 0. The molecule has 0 aromatic heterocycles. The first-order chi connectivity index (χ1) is 21.6. The average Bonchev–Trinajstić information content (AvgIpc) is 3.46. The number of fused-ring (bicyclic) bond motifs is 3. The Hall–Kier alpha value is -2.89. The minimum atomic E-state index is -2.94. The average molecular weight is 684 g/mol. The van der Waals surface area contributed by atoms with Gasteiger partial charge < -0.3 is 0 Å². The van der Waals surface area contributed by atoms with Gasteiger partial charge in [0.25, 0.3) is 0 Å². The minimum absolute atomic E-state index is 0.0288. The summed E-state index contributed by atoms with van der Waals surface area (Å²) >= 11 is -2.94. The molecule has 0 nitrogen and oxygen atoms in total. The number of hydrogen-bond acceptors (Lipinski definition) is 0. The molecule has 0 fully saturated rings. The first-order valence-corrected chi connectivity index (χ1v) is 20.8. The molecular weight excluding hydrogens is 632 g/mol. The molecule has 2 aliphatic carbocycles. The standard InChI is InChI=1S/C21H25.C15H14.C9H13.Zr/c1-20(2,3)16-7-9-18-14(12-16)11-15-13-17(21(4,5)6)8-10-19(15)18;1-12-3-7-14(8-4-12)11-15-9-5-13(2)6-10-15;1-6-5-7(2)9(4)8(6)3;/h7-10,12H,11H2,1-6H3;3-10H,1-2H3;6H,1-4H3;. The van der Waals surface area contributed by atoms with Crippen molar-refractivity contribution in [1.82, 2.24) is 0 Å². The van der Waals surface area contributed by atoms with Gasteiger partial charge in [0.15, 0.2) is 0 Å². The Morgan fingerprint density at radius 2 is 1.17 bits per heavy atom.